The summed E-state index contributed by atoms with van der Waals surface area (Å²) in [5.41, 5.74) is 1.10. The van der Waals surface area contributed by atoms with Gasteiger partial charge in [0.15, 0.2) is 0 Å². The van der Waals surface area contributed by atoms with Crippen LogP contribution in [0.4, 0.5) is 5.69 Å². The molecule has 0 heterocycles. The lowest BCUT2D eigenvalue weighted by Gasteiger charge is -2.32. The predicted octanol–water partition coefficient (Wildman–Crippen LogP) is 4.08. The maximum atomic E-state index is 13.9. The third kappa shape index (κ3) is 7.35. The molecule has 0 aliphatic heterocycles. The molecule has 202 valence electrons. The minimum atomic E-state index is -4.07. The molecule has 3 rings (SSSR count). The fraction of sp³-hybridized carbons (Fsp3) is 0.310. The third-order valence-electron chi connectivity index (χ3n) is 5.99. The van der Waals surface area contributed by atoms with E-state index in [1.54, 1.807) is 80.8 Å². The van der Waals surface area contributed by atoms with Crippen LogP contribution in [0, 0.1) is 5.92 Å². The molecule has 0 aliphatic carbocycles. The van der Waals surface area contributed by atoms with E-state index in [1.807, 2.05) is 19.9 Å². The van der Waals surface area contributed by atoms with E-state index in [9.17, 15) is 18.0 Å². The van der Waals surface area contributed by atoms with Crippen molar-refractivity contribution in [3.8, 4) is 5.75 Å². The predicted molar refractivity (Wildman–Crippen MR) is 148 cm³/mol. The first kappa shape index (κ1) is 28.7. The SMILES string of the molecule is COc1cccc(CN(C(=O)CN(c2ccccc2)S(=O)(=O)c2ccccc2)[C@@H](C)C(=O)NCC(C)C)c1. The van der Waals surface area contributed by atoms with Gasteiger partial charge >= 0.3 is 0 Å². The topological polar surface area (TPSA) is 96.0 Å². The van der Waals surface area contributed by atoms with Gasteiger partial charge in [-0.1, -0.05) is 62.4 Å². The van der Waals surface area contributed by atoms with Gasteiger partial charge < -0.3 is 15.0 Å². The summed E-state index contributed by atoms with van der Waals surface area (Å²) in [7, 11) is -2.52. The van der Waals surface area contributed by atoms with Gasteiger partial charge in [-0.25, -0.2) is 8.42 Å². The number of hydrogen-bond acceptors (Lipinski definition) is 5. The maximum Gasteiger partial charge on any atom is 0.264 e. The lowest BCUT2D eigenvalue weighted by Crippen LogP contribution is -2.51. The molecule has 3 aromatic carbocycles. The van der Waals surface area contributed by atoms with Gasteiger partial charge in [0, 0.05) is 13.1 Å². The molecular formula is C29H35N3O5S. The largest absolute Gasteiger partial charge is 0.497 e. The summed E-state index contributed by atoms with van der Waals surface area (Å²) in [6.45, 7) is 5.69. The van der Waals surface area contributed by atoms with Crippen LogP contribution in [0.2, 0.25) is 0 Å². The average Bonchev–Trinajstić information content (AvgIpc) is 2.93. The summed E-state index contributed by atoms with van der Waals surface area (Å²) in [5, 5.41) is 2.88. The zero-order valence-electron chi connectivity index (χ0n) is 22.2. The molecule has 0 bridgehead atoms. The molecule has 0 aliphatic rings. The number of methoxy groups -OCH3 is 1. The fourth-order valence-electron chi connectivity index (χ4n) is 3.85. The Bertz CT molecular complexity index is 1310. The van der Waals surface area contributed by atoms with Gasteiger partial charge in [0.25, 0.3) is 10.0 Å². The van der Waals surface area contributed by atoms with Crippen LogP contribution >= 0.6 is 0 Å². The van der Waals surface area contributed by atoms with E-state index in [4.69, 9.17) is 4.74 Å². The highest BCUT2D eigenvalue weighted by molar-refractivity contribution is 7.92. The number of ether oxygens (including phenoxy) is 1. The standard InChI is InChI=1S/C29H35N3O5S/c1-22(2)19-30-29(34)23(3)31(20-24-12-11-15-26(18-24)37-4)28(33)21-32(25-13-7-5-8-14-25)38(35,36)27-16-9-6-10-17-27/h5-18,22-23H,19-21H2,1-4H3,(H,30,34)/t23-/m0/s1. The summed E-state index contributed by atoms with van der Waals surface area (Å²) in [5.74, 6) is 0.0261. The summed E-state index contributed by atoms with van der Waals surface area (Å²) in [4.78, 5) is 28.3. The molecule has 1 N–H and O–H groups in total. The average molecular weight is 538 g/mol. The van der Waals surface area contributed by atoms with E-state index in [0.717, 1.165) is 9.87 Å². The highest BCUT2D eigenvalue weighted by Crippen LogP contribution is 2.24. The van der Waals surface area contributed by atoms with Crippen molar-refractivity contribution < 1.29 is 22.7 Å². The van der Waals surface area contributed by atoms with Gasteiger partial charge in [-0.15, -0.1) is 0 Å². The van der Waals surface area contributed by atoms with Crippen molar-refractivity contribution in [2.24, 2.45) is 5.92 Å². The van der Waals surface area contributed by atoms with Crippen LogP contribution < -0.4 is 14.4 Å². The second kappa shape index (κ2) is 13.1. The number of carbonyl (C=O) groups excluding carboxylic acids is 2. The number of nitrogens with one attached hydrogen (secondary N) is 1. The number of amides is 2. The normalized spacial score (nSPS) is 12.0. The fourth-order valence-corrected chi connectivity index (χ4v) is 5.28. The molecule has 0 saturated heterocycles. The number of para-hydroxylation sites is 1. The van der Waals surface area contributed by atoms with Gasteiger partial charge in [-0.2, -0.15) is 0 Å². The molecule has 0 fully saturated rings. The number of rotatable bonds is 12. The van der Waals surface area contributed by atoms with Crippen LogP contribution in [-0.4, -0.2) is 51.4 Å². The third-order valence-corrected chi connectivity index (χ3v) is 7.78. The Labute approximate surface area is 225 Å². The highest BCUT2D eigenvalue weighted by atomic mass is 32.2. The molecule has 0 unspecified atom stereocenters. The monoisotopic (exact) mass is 537 g/mol. The molecule has 1 atom stereocenters. The van der Waals surface area contributed by atoms with E-state index in [0.29, 0.717) is 18.0 Å². The zero-order chi connectivity index (χ0) is 27.7. The van der Waals surface area contributed by atoms with Crippen molar-refractivity contribution >= 4 is 27.5 Å². The molecule has 2 amide bonds. The van der Waals surface area contributed by atoms with Crippen LogP contribution in [0.1, 0.15) is 26.3 Å². The summed E-state index contributed by atoms with van der Waals surface area (Å²) < 4.78 is 33.7. The van der Waals surface area contributed by atoms with Crippen LogP contribution in [0.15, 0.2) is 89.8 Å². The smallest absolute Gasteiger partial charge is 0.264 e. The van der Waals surface area contributed by atoms with Gasteiger partial charge in [0.2, 0.25) is 11.8 Å². The van der Waals surface area contributed by atoms with E-state index < -0.39 is 28.5 Å². The van der Waals surface area contributed by atoms with Crippen molar-refractivity contribution in [2.75, 3.05) is 24.5 Å². The first-order valence-corrected chi connectivity index (χ1v) is 13.9. The number of anilines is 1. The Morgan fingerprint density at radius 1 is 0.895 bits per heavy atom. The van der Waals surface area contributed by atoms with Gasteiger partial charge in [-0.05, 0) is 54.8 Å². The van der Waals surface area contributed by atoms with Crippen molar-refractivity contribution in [3.05, 3.63) is 90.5 Å². The Kier molecular flexibility index (Phi) is 9.90. The van der Waals surface area contributed by atoms with Gasteiger partial charge in [-0.3, -0.25) is 13.9 Å². The number of carbonyl (C=O) groups is 2. The van der Waals surface area contributed by atoms with Crippen LogP contribution in [0.5, 0.6) is 5.75 Å². The van der Waals surface area contributed by atoms with Crippen molar-refractivity contribution in [1.82, 2.24) is 10.2 Å². The molecule has 38 heavy (non-hydrogen) atoms. The Morgan fingerprint density at radius 3 is 2.13 bits per heavy atom. The Hall–Kier alpha value is -3.85. The maximum absolute atomic E-state index is 13.9. The van der Waals surface area contributed by atoms with Gasteiger partial charge in [0.1, 0.15) is 18.3 Å². The minimum absolute atomic E-state index is 0.0683. The van der Waals surface area contributed by atoms with Crippen molar-refractivity contribution in [3.63, 3.8) is 0 Å². The van der Waals surface area contributed by atoms with Crippen molar-refractivity contribution in [1.29, 1.82) is 0 Å². The molecule has 0 radical (unpaired) electrons. The molecular weight excluding hydrogens is 502 g/mol. The van der Waals surface area contributed by atoms with E-state index in [2.05, 4.69) is 5.32 Å². The van der Waals surface area contributed by atoms with E-state index in [-0.39, 0.29) is 23.3 Å². The summed E-state index contributed by atoms with van der Waals surface area (Å²) in [6.07, 6.45) is 0. The first-order valence-electron chi connectivity index (χ1n) is 12.5. The molecule has 0 aromatic heterocycles. The van der Waals surface area contributed by atoms with Crippen LogP contribution in [-0.2, 0) is 26.2 Å². The quantitative estimate of drug-likeness (QED) is 0.376. The Morgan fingerprint density at radius 2 is 1.53 bits per heavy atom. The molecule has 8 nitrogen and oxygen atoms in total. The molecule has 3 aromatic rings. The lowest BCUT2D eigenvalue weighted by atomic mass is 10.1. The van der Waals surface area contributed by atoms with E-state index >= 15 is 0 Å². The van der Waals surface area contributed by atoms with Crippen molar-refractivity contribution in [2.45, 2.75) is 38.3 Å². The number of benzene rings is 3. The minimum Gasteiger partial charge on any atom is -0.497 e. The number of sulfonamides is 1. The second-order valence-corrected chi connectivity index (χ2v) is 11.2. The lowest BCUT2D eigenvalue weighted by molar-refractivity contribution is -0.139. The number of nitrogens with zero attached hydrogens (tertiary/aromatic N) is 2. The first-order chi connectivity index (χ1) is 18.1. The molecule has 0 spiro atoms. The van der Waals surface area contributed by atoms with Gasteiger partial charge in [0.05, 0.1) is 17.7 Å². The second-order valence-electron chi connectivity index (χ2n) is 9.35. The molecule has 9 heteroatoms. The molecule has 0 saturated carbocycles. The van der Waals surface area contributed by atoms with E-state index in [1.165, 1.54) is 17.0 Å². The Balaban J connectivity index is 1.98. The van der Waals surface area contributed by atoms with Crippen LogP contribution in [0.3, 0.4) is 0 Å². The van der Waals surface area contributed by atoms with Crippen LogP contribution in [0.25, 0.3) is 0 Å². The summed E-state index contributed by atoms with van der Waals surface area (Å²) >= 11 is 0. The summed E-state index contributed by atoms with van der Waals surface area (Å²) in [6, 6.07) is 22.8. The number of hydrogen-bond donors (Lipinski definition) is 1. The zero-order valence-corrected chi connectivity index (χ0v) is 23.0. The highest BCUT2D eigenvalue weighted by Gasteiger charge is 2.32.